The highest BCUT2D eigenvalue weighted by Crippen LogP contribution is 2.65. The Labute approximate surface area is 211 Å². The largest absolute Gasteiger partial charge is 0.456 e. The van der Waals surface area contributed by atoms with Gasteiger partial charge in [0.05, 0.1) is 11.8 Å². The van der Waals surface area contributed by atoms with Crippen molar-refractivity contribution >= 4 is 39.5 Å². The van der Waals surface area contributed by atoms with Gasteiger partial charge in [-0.15, -0.1) is 0 Å². The van der Waals surface area contributed by atoms with Crippen LogP contribution in [0.3, 0.4) is 0 Å². The van der Waals surface area contributed by atoms with E-state index in [4.69, 9.17) is 4.74 Å². The Morgan fingerprint density at radius 1 is 0.914 bits per heavy atom. The lowest BCUT2D eigenvalue weighted by molar-refractivity contribution is -0.158. The van der Waals surface area contributed by atoms with Crippen LogP contribution in [0.15, 0.2) is 71.2 Å². The molecule has 0 spiro atoms. The minimum atomic E-state index is -1.10. The molecule has 6 nitrogen and oxygen atoms in total. The van der Waals surface area contributed by atoms with Crippen LogP contribution in [0.25, 0.3) is 0 Å². The van der Waals surface area contributed by atoms with E-state index >= 15 is 0 Å². The molecule has 1 aliphatic heterocycles. The topological polar surface area (TPSA) is 80.8 Å². The highest BCUT2D eigenvalue weighted by atomic mass is 79.9. The molecule has 2 aromatic carbocycles. The first-order valence-electron chi connectivity index (χ1n) is 12.0. The summed E-state index contributed by atoms with van der Waals surface area (Å²) >= 11 is 3.33. The molecule has 35 heavy (non-hydrogen) atoms. The lowest BCUT2D eigenvalue weighted by atomic mass is 9.63. The van der Waals surface area contributed by atoms with Gasteiger partial charge in [0.25, 0.3) is 0 Å². The summed E-state index contributed by atoms with van der Waals surface area (Å²) in [6, 6.07) is 14.9. The number of amides is 2. The second kappa shape index (κ2) is 8.55. The summed E-state index contributed by atoms with van der Waals surface area (Å²) in [6.45, 7) is -0.453. The molecule has 2 aromatic rings. The quantitative estimate of drug-likeness (QED) is 0.234. The number of allylic oxidation sites excluding steroid dienone is 2. The minimum absolute atomic E-state index is 0.0730. The average molecular weight is 534 g/mol. The number of hydrogen-bond acceptors (Lipinski definition) is 5. The smallest absolute Gasteiger partial charge is 0.330 e. The number of nitrogens with zero attached hydrogens (tertiary/aromatic N) is 1. The molecule has 5 aliphatic rings. The number of benzene rings is 2. The zero-order valence-corrected chi connectivity index (χ0v) is 20.5. The number of esters is 1. The van der Waals surface area contributed by atoms with E-state index in [0.717, 1.165) is 21.4 Å². The van der Waals surface area contributed by atoms with Gasteiger partial charge in [0.1, 0.15) is 6.04 Å². The fraction of sp³-hybridized carbons (Fsp3) is 0.357. The van der Waals surface area contributed by atoms with Crippen LogP contribution in [0.4, 0.5) is 0 Å². The SMILES string of the molecule is O=C(COC(=O)[C@@H](Cc1ccccc1)N1C(=O)[C@@H]2[C@@H]3C=C[C@H]([C@H]4C[C@H]34)[C@@H]2C1=O)c1ccc(Br)cc1. The number of halogens is 1. The van der Waals surface area contributed by atoms with Gasteiger partial charge >= 0.3 is 5.97 Å². The van der Waals surface area contributed by atoms with E-state index in [1.165, 1.54) is 0 Å². The maximum absolute atomic E-state index is 13.6. The molecule has 178 valence electrons. The summed E-state index contributed by atoms with van der Waals surface area (Å²) in [5, 5.41) is 0. The first-order valence-corrected chi connectivity index (χ1v) is 12.8. The van der Waals surface area contributed by atoms with Crippen LogP contribution in [-0.2, 0) is 25.5 Å². The zero-order valence-electron chi connectivity index (χ0n) is 18.9. The van der Waals surface area contributed by atoms with E-state index in [0.29, 0.717) is 17.4 Å². The molecule has 1 saturated heterocycles. The molecule has 0 N–H and O–H groups in total. The molecule has 1 heterocycles. The van der Waals surface area contributed by atoms with Crippen LogP contribution in [0.5, 0.6) is 0 Å². The van der Waals surface area contributed by atoms with Gasteiger partial charge < -0.3 is 4.74 Å². The van der Waals surface area contributed by atoms with E-state index < -0.39 is 30.5 Å². The third kappa shape index (κ3) is 3.77. The standard InChI is InChI=1S/C28H24BrNO5/c29-17-8-6-16(7-9-17)23(31)14-35-28(34)22(12-15-4-2-1-3-5-15)30-26(32)24-18-10-11-19(21-13-20(18)21)25(24)27(30)33/h1-11,18-22,24-25H,12-14H2/t18-,19-,20-,21-,22-,24-,25+/m1/s1. The van der Waals surface area contributed by atoms with E-state index in [9.17, 15) is 19.2 Å². The summed E-state index contributed by atoms with van der Waals surface area (Å²) in [7, 11) is 0. The molecular weight excluding hydrogens is 510 g/mol. The van der Waals surface area contributed by atoms with Crippen LogP contribution < -0.4 is 0 Å². The molecule has 0 radical (unpaired) electrons. The molecule has 0 aromatic heterocycles. The van der Waals surface area contributed by atoms with Gasteiger partial charge in [0.15, 0.2) is 12.4 Å². The number of carbonyl (C=O) groups excluding carboxylic acids is 4. The number of imide groups is 1. The van der Waals surface area contributed by atoms with Gasteiger partial charge in [-0.25, -0.2) is 4.79 Å². The van der Waals surface area contributed by atoms with Crippen molar-refractivity contribution in [2.45, 2.75) is 18.9 Å². The predicted octanol–water partition coefficient (Wildman–Crippen LogP) is 3.84. The monoisotopic (exact) mass is 533 g/mol. The van der Waals surface area contributed by atoms with Gasteiger partial charge in [-0.05, 0) is 47.8 Å². The summed E-state index contributed by atoms with van der Waals surface area (Å²) in [4.78, 5) is 54.3. The molecule has 3 fully saturated rings. The molecule has 7 atom stereocenters. The van der Waals surface area contributed by atoms with Crippen molar-refractivity contribution in [2.24, 2.45) is 35.5 Å². The van der Waals surface area contributed by atoms with Crippen LogP contribution in [0, 0.1) is 35.5 Å². The highest BCUT2D eigenvalue weighted by molar-refractivity contribution is 9.10. The van der Waals surface area contributed by atoms with Crippen molar-refractivity contribution in [2.75, 3.05) is 6.61 Å². The Morgan fingerprint density at radius 2 is 1.51 bits per heavy atom. The Morgan fingerprint density at radius 3 is 2.11 bits per heavy atom. The molecule has 4 aliphatic carbocycles. The van der Waals surface area contributed by atoms with Crippen LogP contribution in [0.2, 0.25) is 0 Å². The zero-order chi connectivity index (χ0) is 24.3. The van der Waals surface area contributed by atoms with E-state index in [1.54, 1.807) is 24.3 Å². The van der Waals surface area contributed by atoms with E-state index in [1.807, 2.05) is 30.3 Å². The molecule has 2 saturated carbocycles. The van der Waals surface area contributed by atoms with Gasteiger partial charge in [0.2, 0.25) is 11.8 Å². The second-order valence-electron chi connectivity index (χ2n) is 9.94. The first kappa shape index (κ1) is 22.4. The lowest BCUT2D eigenvalue weighted by Crippen LogP contribution is -2.48. The Hall–Kier alpha value is -3.06. The summed E-state index contributed by atoms with van der Waals surface area (Å²) in [6.07, 6.45) is 5.44. The number of likely N-dealkylation sites (tertiary alicyclic amines) is 1. The molecule has 7 heteroatoms. The maximum atomic E-state index is 13.6. The fourth-order valence-electron chi connectivity index (χ4n) is 6.36. The van der Waals surface area contributed by atoms with Gasteiger partial charge in [-0.2, -0.15) is 0 Å². The van der Waals surface area contributed by atoms with E-state index in [-0.39, 0.29) is 35.9 Å². The second-order valence-corrected chi connectivity index (χ2v) is 10.9. The highest BCUT2D eigenvalue weighted by Gasteiger charge is 2.68. The third-order valence-corrected chi connectivity index (χ3v) is 8.59. The Bertz CT molecular complexity index is 1200. The number of ketones is 1. The van der Waals surface area contributed by atoms with E-state index in [2.05, 4.69) is 28.1 Å². The Balaban J connectivity index is 1.25. The summed E-state index contributed by atoms with van der Waals surface area (Å²) < 4.78 is 6.26. The molecule has 0 unspecified atom stereocenters. The number of carbonyl (C=O) groups is 4. The summed E-state index contributed by atoms with van der Waals surface area (Å²) in [5.41, 5.74) is 1.23. The molecule has 2 amide bonds. The third-order valence-electron chi connectivity index (χ3n) is 8.06. The normalized spacial score (nSPS) is 30.6. The lowest BCUT2D eigenvalue weighted by Gasteiger charge is -2.37. The fourth-order valence-corrected chi connectivity index (χ4v) is 6.62. The van der Waals surface area contributed by atoms with Gasteiger partial charge in [-0.1, -0.05) is 70.5 Å². The molecule has 7 rings (SSSR count). The van der Waals surface area contributed by atoms with Crippen LogP contribution in [-0.4, -0.2) is 41.1 Å². The van der Waals surface area contributed by atoms with Crippen molar-refractivity contribution in [1.29, 1.82) is 0 Å². The Kier molecular flexibility index (Phi) is 5.48. The van der Waals surface area contributed by atoms with Crippen molar-refractivity contribution in [1.82, 2.24) is 4.90 Å². The maximum Gasteiger partial charge on any atom is 0.330 e. The van der Waals surface area contributed by atoms with Crippen LogP contribution >= 0.6 is 15.9 Å². The molecular formula is C28H24BrNO5. The number of Topliss-reactive ketones (excluding diaryl/α,β-unsaturated/α-hetero) is 1. The number of rotatable bonds is 7. The summed E-state index contributed by atoms with van der Waals surface area (Å²) in [5.74, 6) is -1.31. The van der Waals surface area contributed by atoms with Crippen molar-refractivity contribution in [3.05, 3.63) is 82.3 Å². The molecule has 2 bridgehead atoms. The number of ether oxygens (including phenoxy) is 1. The van der Waals surface area contributed by atoms with Crippen LogP contribution in [0.1, 0.15) is 22.3 Å². The predicted molar refractivity (Wildman–Crippen MR) is 130 cm³/mol. The first-order chi connectivity index (χ1) is 16.9. The number of hydrogen-bond donors (Lipinski definition) is 0. The minimum Gasteiger partial charge on any atom is -0.456 e. The van der Waals surface area contributed by atoms with Gasteiger partial charge in [-0.3, -0.25) is 19.3 Å². The van der Waals surface area contributed by atoms with Crippen molar-refractivity contribution in [3.63, 3.8) is 0 Å². The van der Waals surface area contributed by atoms with Crippen molar-refractivity contribution < 1.29 is 23.9 Å². The average Bonchev–Trinajstić information content (AvgIpc) is 3.65. The van der Waals surface area contributed by atoms with Gasteiger partial charge in [0, 0.05) is 16.5 Å². The van der Waals surface area contributed by atoms with Crippen molar-refractivity contribution in [3.8, 4) is 0 Å².